The van der Waals surface area contributed by atoms with Crippen LogP contribution < -0.4 is 5.32 Å². The number of ether oxygens (including phenoxy) is 1. The van der Waals surface area contributed by atoms with Gasteiger partial charge < -0.3 is 21.3 Å². The van der Waals surface area contributed by atoms with Crippen LogP contribution in [0.25, 0.3) is 0 Å². The third kappa shape index (κ3) is 14.6. The molecule has 0 unspecified atom stereocenters. The summed E-state index contributed by atoms with van der Waals surface area (Å²) in [5.41, 5.74) is -0.373. The van der Waals surface area contributed by atoms with Crippen molar-refractivity contribution in [2.24, 2.45) is 0 Å². The topological polar surface area (TPSA) is 38.3 Å². The fourth-order valence-corrected chi connectivity index (χ4v) is 0.803. The van der Waals surface area contributed by atoms with Crippen molar-refractivity contribution < 1.29 is 29.0 Å². The van der Waals surface area contributed by atoms with E-state index in [1.807, 2.05) is 0 Å². The standard InChI is InChI=1S/C5H10N.C5H9O2.Zn/c1-2-4-6-5-3-1;1-5(2,3)7-4-6;/h1,6H,2-5H2;1-3H3;/q2*-1;+2. The van der Waals surface area contributed by atoms with Gasteiger partial charge >= 0.3 is 19.5 Å². The van der Waals surface area contributed by atoms with Crippen molar-refractivity contribution in [2.45, 2.75) is 39.2 Å². The summed E-state index contributed by atoms with van der Waals surface area (Å²) in [4.78, 5) is 9.47. The average Bonchev–Trinajstić information content (AvgIpc) is 2.06. The van der Waals surface area contributed by atoms with Gasteiger partial charge in [-0.25, -0.2) is 0 Å². The Morgan fingerprint density at radius 2 is 1.79 bits per heavy atom. The molecule has 0 aromatic carbocycles. The third-order valence-corrected chi connectivity index (χ3v) is 1.40. The molecule has 0 bridgehead atoms. The Kier molecular flexibility index (Phi) is 11.3. The fraction of sp³-hybridized carbons (Fsp3) is 0.800. The van der Waals surface area contributed by atoms with Gasteiger partial charge in [0.15, 0.2) is 0 Å². The van der Waals surface area contributed by atoms with Crippen LogP contribution in [-0.2, 0) is 29.0 Å². The van der Waals surface area contributed by atoms with Gasteiger partial charge in [0.05, 0.1) is 5.60 Å². The molecule has 1 saturated heterocycles. The minimum absolute atomic E-state index is 0. The molecule has 0 aromatic heterocycles. The van der Waals surface area contributed by atoms with Crippen molar-refractivity contribution in [1.29, 1.82) is 0 Å². The molecule has 1 aliphatic rings. The van der Waals surface area contributed by atoms with E-state index in [9.17, 15) is 4.79 Å². The van der Waals surface area contributed by atoms with Gasteiger partial charge in [-0.1, -0.05) is 6.47 Å². The molecule has 0 amide bonds. The summed E-state index contributed by atoms with van der Waals surface area (Å²) in [5, 5.41) is 3.25. The molecule has 0 saturated carbocycles. The summed E-state index contributed by atoms with van der Waals surface area (Å²) in [5.74, 6) is 0. The number of carbonyl (C=O) groups excluding carboxylic acids is 1. The number of piperidine rings is 1. The van der Waals surface area contributed by atoms with E-state index in [1.165, 1.54) is 32.4 Å². The summed E-state index contributed by atoms with van der Waals surface area (Å²) >= 11 is 0. The second kappa shape index (κ2) is 9.60. The molecule has 4 heteroatoms. The maximum atomic E-state index is 9.47. The van der Waals surface area contributed by atoms with Crippen molar-refractivity contribution in [3.05, 3.63) is 6.42 Å². The van der Waals surface area contributed by atoms with Crippen LogP contribution in [0.5, 0.6) is 0 Å². The van der Waals surface area contributed by atoms with Crippen LogP contribution in [0.15, 0.2) is 0 Å². The van der Waals surface area contributed by atoms with Gasteiger partial charge in [-0.2, -0.15) is 12.8 Å². The van der Waals surface area contributed by atoms with Gasteiger partial charge in [-0.3, -0.25) is 0 Å². The Morgan fingerprint density at radius 1 is 1.29 bits per heavy atom. The zero-order valence-electron chi connectivity index (χ0n) is 9.43. The maximum Gasteiger partial charge on any atom is 2.00 e. The number of nitrogens with one attached hydrogen (secondary N) is 1. The average molecular weight is 251 g/mol. The number of hydrogen-bond acceptors (Lipinski definition) is 3. The Balaban J connectivity index is 0. The van der Waals surface area contributed by atoms with Crippen molar-refractivity contribution in [3.63, 3.8) is 0 Å². The maximum absolute atomic E-state index is 9.47. The molecule has 0 spiro atoms. The van der Waals surface area contributed by atoms with E-state index in [4.69, 9.17) is 0 Å². The molecular formula is C10H19NO2Zn. The van der Waals surface area contributed by atoms with Crippen molar-refractivity contribution >= 4 is 6.47 Å². The number of rotatable bonds is 1. The first-order chi connectivity index (χ1) is 6.06. The normalized spacial score (nSPS) is 15.6. The van der Waals surface area contributed by atoms with E-state index in [0.717, 1.165) is 0 Å². The zero-order valence-corrected chi connectivity index (χ0v) is 12.4. The summed E-state index contributed by atoms with van der Waals surface area (Å²) < 4.78 is 4.42. The smallest absolute Gasteiger partial charge is 0.649 e. The van der Waals surface area contributed by atoms with E-state index in [-0.39, 0.29) is 25.1 Å². The van der Waals surface area contributed by atoms with Gasteiger partial charge in [0.1, 0.15) is 0 Å². The summed E-state index contributed by atoms with van der Waals surface area (Å²) in [6, 6.07) is 0. The largest absolute Gasteiger partial charge is 2.00 e. The third-order valence-electron chi connectivity index (χ3n) is 1.40. The minimum Gasteiger partial charge on any atom is -0.649 e. The second-order valence-corrected chi connectivity index (χ2v) is 3.91. The first-order valence-electron chi connectivity index (χ1n) is 4.64. The van der Waals surface area contributed by atoms with E-state index >= 15 is 0 Å². The molecule has 1 fully saturated rings. The van der Waals surface area contributed by atoms with Gasteiger partial charge in [0.2, 0.25) is 0 Å². The van der Waals surface area contributed by atoms with Crippen molar-refractivity contribution in [1.82, 2.24) is 5.32 Å². The quantitative estimate of drug-likeness (QED) is 0.565. The molecule has 78 valence electrons. The van der Waals surface area contributed by atoms with E-state index < -0.39 is 0 Å². The monoisotopic (exact) mass is 249 g/mol. The molecule has 0 radical (unpaired) electrons. The van der Waals surface area contributed by atoms with E-state index in [0.29, 0.717) is 0 Å². The molecular weight excluding hydrogens is 232 g/mol. The Morgan fingerprint density at radius 3 is 1.86 bits per heavy atom. The van der Waals surface area contributed by atoms with Crippen LogP contribution in [0.4, 0.5) is 0 Å². The first-order valence-corrected chi connectivity index (χ1v) is 4.64. The number of hydrogen-bond donors (Lipinski definition) is 1. The summed E-state index contributed by atoms with van der Waals surface area (Å²) in [6.07, 6.45) is 4.86. The van der Waals surface area contributed by atoms with E-state index in [2.05, 4.69) is 16.5 Å². The molecule has 0 atom stereocenters. The van der Waals surface area contributed by atoms with Gasteiger partial charge in [0.25, 0.3) is 0 Å². The molecule has 1 heterocycles. The van der Waals surface area contributed by atoms with Crippen LogP contribution >= 0.6 is 0 Å². The molecule has 1 rings (SSSR count). The van der Waals surface area contributed by atoms with Crippen LogP contribution in [0.2, 0.25) is 0 Å². The zero-order chi connectivity index (χ0) is 10.2. The molecule has 3 nitrogen and oxygen atoms in total. The van der Waals surface area contributed by atoms with Crippen molar-refractivity contribution in [2.75, 3.05) is 13.1 Å². The fourth-order valence-electron chi connectivity index (χ4n) is 0.803. The minimum atomic E-state index is -0.373. The molecule has 14 heavy (non-hydrogen) atoms. The van der Waals surface area contributed by atoms with Crippen molar-refractivity contribution in [3.8, 4) is 0 Å². The van der Waals surface area contributed by atoms with Crippen LogP contribution in [0.3, 0.4) is 0 Å². The first kappa shape index (κ1) is 16.5. The predicted octanol–water partition coefficient (Wildman–Crippen LogP) is 1.44. The SMILES string of the molecule is CC(C)(C)O[C-]=O.[CH-]1CCNCC1.[Zn+2]. The summed E-state index contributed by atoms with van der Waals surface area (Å²) in [6.45, 7) is 9.12. The second-order valence-electron chi connectivity index (χ2n) is 3.91. The summed E-state index contributed by atoms with van der Waals surface area (Å²) in [7, 11) is 0. The van der Waals surface area contributed by atoms with Crippen LogP contribution in [0, 0.1) is 6.42 Å². The molecule has 1 aliphatic heterocycles. The Labute approximate surface area is 99.7 Å². The Hall–Kier alpha value is 0.0534. The van der Waals surface area contributed by atoms with E-state index in [1.54, 1.807) is 20.8 Å². The van der Waals surface area contributed by atoms with Gasteiger partial charge in [-0.15, -0.1) is 0 Å². The molecule has 1 N–H and O–H groups in total. The predicted molar refractivity (Wildman–Crippen MR) is 52.9 cm³/mol. The van der Waals surface area contributed by atoms with Crippen LogP contribution in [-0.4, -0.2) is 25.2 Å². The molecule has 0 aromatic rings. The van der Waals surface area contributed by atoms with Gasteiger partial charge in [-0.05, 0) is 33.9 Å². The molecule has 0 aliphatic carbocycles. The van der Waals surface area contributed by atoms with Crippen LogP contribution in [0.1, 0.15) is 33.6 Å². The van der Waals surface area contributed by atoms with Gasteiger partial charge in [0, 0.05) is 0 Å². The Bertz CT molecular complexity index is 119.